The van der Waals surface area contributed by atoms with Gasteiger partial charge < -0.3 is 14.9 Å². The number of carbonyl (C=O) groups excluding carboxylic acids is 1. The average molecular weight is 359 g/mol. The van der Waals surface area contributed by atoms with E-state index in [0.717, 1.165) is 43.6 Å². The number of hydrogen-bond donors (Lipinski definition) is 1. The summed E-state index contributed by atoms with van der Waals surface area (Å²) in [6.45, 7) is 9.04. The Morgan fingerprint density at radius 2 is 1.96 bits per heavy atom. The molecule has 4 nitrogen and oxygen atoms in total. The van der Waals surface area contributed by atoms with Crippen LogP contribution in [0.1, 0.15) is 61.9 Å². The summed E-state index contributed by atoms with van der Waals surface area (Å²) in [5.41, 5.74) is 1.25. The number of benzene rings is 1. The lowest BCUT2D eigenvalue weighted by atomic mass is 9.95. The minimum atomic E-state index is -0.671. The van der Waals surface area contributed by atoms with Gasteiger partial charge in [0.05, 0.1) is 5.60 Å². The van der Waals surface area contributed by atoms with Gasteiger partial charge in [0.25, 0.3) is 5.91 Å². The van der Waals surface area contributed by atoms with E-state index in [2.05, 4.69) is 15.9 Å². The molecule has 2 saturated heterocycles. The lowest BCUT2D eigenvalue weighted by molar-refractivity contribution is 0.0648. The molecule has 4 heteroatoms. The molecule has 1 N–H and O–H groups in total. The molecule has 144 valence electrons. The molecule has 2 aliphatic heterocycles. The molecule has 0 radical (unpaired) electrons. The number of aliphatic hydroxyl groups is 1. The summed E-state index contributed by atoms with van der Waals surface area (Å²) in [5, 5.41) is 9.93. The third-order valence-electron chi connectivity index (χ3n) is 5.72. The smallest absolute Gasteiger partial charge is 0.253 e. The van der Waals surface area contributed by atoms with Crippen LogP contribution >= 0.6 is 0 Å². The zero-order valence-corrected chi connectivity index (χ0v) is 16.4. The van der Waals surface area contributed by atoms with Crippen LogP contribution in [0.5, 0.6) is 0 Å². The van der Waals surface area contributed by atoms with Gasteiger partial charge >= 0.3 is 0 Å². The van der Waals surface area contributed by atoms with Crippen molar-refractivity contribution in [2.45, 2.75) is 58.0 Å². The zero-order valence-electron chi connectivity index (χ0n) is 16.4. The minimum absolute atomic E-state index is 0.168. The van der Waals surface area contributed by atoms with E-state index in [1.165, 1.54) is 32.4 Å². The second kappa shape index (κ2) is 8.53. The van der Waals surface area contributed by atoms with Gasteiger partial charge in [-0.05, 0) is 89.1 Å². The fourth-order valence-electron chi connectivity index (χ4n) is 4.22. The maximum Gasteiger partial charge on any atom is 0.253 e. The largest absolute Gasteiger partial charge is 0.390 e. The van der Waals surface area contributed by atoms with Gasteiger partial charge in [-0.1, -0.05) is 12.1 Å². The third kappa shape index (κ3) is 5.55. The SMILES string of the molecule is CC(C)(O)CCc1cccc(C(=O)N2CCC[C@H](CN3CCCC3)C2)c1. The molecule has 0 spiro atoms. The van der Waals surface area contributed by atoms with E-state index in [4.69, 9.17) is 0 Å². The van der Waals surface area contributed by atoms with Crippen molar-refractivity contribution in [1.29, 1.82) is 0 Å². The molecular weight excluding hydrogens is 324 g/mol. The molecule has 1 aromatic rings. The van der Waals surface area contributed by atoms with Crippen molar-refractivity contribution in [1.82, 2.24) is 9.80 Å². The number of hydrogen-bond acceptors (Lipinski definition) is 3. The second-order valence-electron chi connectivity index (χ2n) is 8.78. The van der Waals surface area contributed by atoms with E-state index < -0.39 is 5.60 Å². The first-order valence-corrected chi connectivity index (χ1v) is 10.2. The molecule has 0 unspecified atom stereocenters. The topological polar surface area (TPSA) is 43.8 Å². The molecule has 2 aliphatic rings. The Labute approximate surface area is 158 Å². The Morgan fingerprint density at radius 3 is 2.69 bits per heavy atom. The van der Waals surface area contributed by atoms with Crippen molar-refractivity contribution in [2.75, 3.05) is 32.7 Å². The molecule has 2 heterocycles. The van der Waals surface area contributed by atoms with Crippen LogP contribution in [0.25, 0.3) is 0 Å². The highest BCUT2D eigenvalue weighted by atomic mass is 16.3. The van der Waals surface area contributed by atoms with Crippen molar-refractivity contribution < 1.29 is 9.90 Å². The van der Waals surface area contributed by atoms with Gasteiger partial charge in [-0.2, -0.15) is 0 Å². The molecule has 26 heavy (non-hydrogen) atoms. The first kappa shape index (κ1) is 19.4. The second-order valence-corrected chi connectivity index (χ2v) is 8.78. The summed E-state index contributed by atoms with van der Waals surface area (Å²) in [7, 11) is 0. The summed E-state index contributed by atoms with van der Waals surface area (Å²) < 4.78 is 0. The van der Waals surface area contributed by atoms with Gasteiger partial charge in [-0.3, -0.25) is 4.79 Å². The van der Waals surface area contributed by atoms with Gasteiger partial charge in [0.2, 0.25) is 0 Å². The van der Waals surface area contributed by atoms with E-state index >= 15 is 0 Å². The lowest BCUT2D eigenvalue weighted by Gasteiger charge is -2.34. The first-order chi connectivity index (χ1) is 12.4. The monoisotopic (exact) mass is 358 g/mol. The first-order valence-electron chi connectivity index (χ1n) is 10.2. The molecule has 1 atom stereocenters. The summed E-state index contributed by atoms with van der Waals surface area (Å²) >= 11 is 0. The normalized spacial score (nSPS) is 22.0. The number of amides is 1. The Bertz CT molecular complexity index is 602. The molecule has 0 aliphatic carbocycles. The summed E-state index contributed by atoms with van der Waals surface area (Å²) in [4.78, 5) is 17.6. The van der Waals surface area contributed by atoms with Crippen molar-refractivity contribution in [2.24, 2.45) is 5.92 Å². The number of likely N-dealkylation sites (tertiary alicyclic amines) is 2. The third-order valence-corrected chi connectivity index (χ3v) is 5.72. The number of piperidine rings is 1. The Hall–Kier alpha value is -1.39. The molecular formula is C22H34N2O2. The standard InChI is InChI=1S/C22H34N2O2/c1-22(2,26)11-10-18-7-5-9-20(15-18)21(25)24-14-6-8-19(17-24)16-23-12-3-4-13-23/h5,7,9,15,19,26H,3-4,6,8,10-14,16-17H2,1-2H3/t19-/m1/s1. The fraction of sp³-hybridized carbons (Fsp3) is 0.682. The van der Waals surface area contributed by atoms with Crippen LogP contribution < -0.4 is 0 Å². The highest BCUT2D eigenvalue weighted by Crippen LogP contribution is 2.22. The van der Waals surface area contributed by atoms with Crippen LogP contribution in [0.3, 0.4) is 0 Å². The van der Waals surface area contributed by atoms with E-state index in [9.17, 15) is 9.90 Å². The van der Waals surface area contributed by atoms with E-state index in [0.29, 0.717) is 12.3 Å². The summed E-state index contributed by atoms with van der Waals surface area (Å²) in [5.74, 6) is 0.783. The Kier molecular flexibility index (Phi) is 6.36. The predicted octanol–water partition coefficient (Wildman–Crippen LogP) is 3.34. The quantitative estimate of drug-likeness (QED) is 0.848. The highest BCUT2D eigenvalue weighted by Gasteiger charge is 2.26. The predicted molar refractivity (Wildman–Crippen MR) is 105 cm³/mol. The number of nitrogens with zero attached hydrogens (tertiary/aromatic N) is 2. The molecule has 1 amide bonds. The average Bonchev–Trinajstić information content (AvgIpc) is 3.12. The van der Waals surface area contributed by atoms with Crippen molar-refractivity contribution in [3.63, 3.8) is 0 Å². The summed E-state index contributed by atoms with van der Waals surface area (Å²) in [6, 6.07) is 7.96. The van der Waals surface area contributed by atoms with Crippen molar-refractivity contribution in [3.05, 3.63) is 35.4 Å². The molecule has 2 fully saturated rings. The van der Waals surface area contributed by atoms with Crippen LogP contribution in [0.2, 0.25) is 0 Å². The maximum absolute atomic E-state index is 13.0. The van der Waals surface area contributed by atoms with E-state index in [1.54, 1.807) is 0 Å². The van der Waals surface area contributed by atoms with Gasteiger partial charge in [0, 0.05) is 25.2 Å². The van der Waals surface area contributed by atoms with Crippen LogP contribution in [0.15, 0.2) is 24.3 Å². The van der Waals surface area contributed by atoms with Crippen LogP contribution in [0, 0.1) is 5.92 Å². The zero-order chi connectivity index (χ0) is 18.6. The van der Waals surface area contributed by atoms with E-state index in [1.807, 2.05) is 32.0 Å². The molecule has 3 rings (SSSR count). The number of rotatable bonds is 6. The van der Waals surface area contributed by atoms with Gasteiger partial charge in [0.15, 0.2) is 0 Å². The van der Waals surface area contributed by atoms with E-state index in [-0.39, 0.29) is 5.91 Å². The van der Waals surface area contributed by atoms with Crippen LogP contribution in [0.4, 0.5) is 0 Å². The van der Waals surface area contributed by atoms with Gasteiger partial charge in [-0.25, -0.2) is 0 Å². The van der Waals surface area contributed by atoms with Crippen molar-refractivity contribution in [3.8, 4) is 0 Å². The minimum Gasteiger partial charge on any atom is -0.390 e. The van der Waals surface area contributed by atoms with Crippen LogP contribution in [-0.4, -0.2) is 59.1 Å². The fourth-order valence-corrected chi connectivity index (χ4v) is 4.22. The summed E-state index contributed by atoms with van der Waals surface area (Å²) in [6.07, 6.45) is 6.50. The highest BCUT2D eigenvalue weighted by molar-refractivity contribution is 5.94. The Morgan fingerprint density at radius 1 is 1.19 bits per heavy atom. The van der Waals surface area contributed by atoms with Gasteiger partial charge in [0.1, 0.15) is 0 Å². The Balaban J connectivity index is 1.59. The molecule has 0 saturated carbocycles. The van der Waals surface area contributed by atoms with Gasteiger partial charge in [-0.15, -0.1) is 0 Å². The number of carbonyl (C=O) groups is 1. The molecule has 0 aromatic heterocycles. The lowest BCUT2D eigenvalue weighted by Crippen LogP contribution is -2.43. The molecule has 0 bridgehead atoms. The molecule has 1 aromatic carbocycles. The van der Waals surface area contributed by atoms with Crippen LogP contribution in [-0.2, 0) is 6.42 Å². The van der Waals surface area contributed by atoms with Crippen molar-refractivity contribution >= 4 is 5.91 Å². The maximum atomic E-state index is 13.0. The number of aryl methyl sites for hydroxylation is 1.